The number of aliphatic hydroxyl groups excluding tert-OH is 1. The molecule has 0 saturated carbocycles. The predicted octanol–water partition coefficient (Wildman–Crippen LogP) is -0.176. The summed E-state index contributed by atoms with van der Waals surface area (Å²) in [7, 11) is -0.692. The molecule has 1 amide bonds. The van der Waals surface area contributed by atoms with Gasteiger partial charge in [-0.05, 0) is 26.5 Å². The molecule has 1 atom stereocenters. The lowest BCUT2D eigenvalue weighted by molar-refractivity contribution is 0.0839. The minimum Gasteiger partial charge on any atom is -0.394 e. The first-order chi connectivity index (χ1) is 9.19. The van der Waals surface area contributed by atoms with Crippen LogP contribution in [-0.2, 0) is 17.1 Å². The van der Waals surface area contributed by atoms with Crippen LogP contribution >= 0.6 is 0 Å². The highest BCUT2D eigenvalue weighted by Crippen LogP contribution is 2.15. The van der Waals surface area contributed by atoms with Crippen molar-refractivity contribution in [3.63, 3.8) is 0 Å². The van der Waals surface area contributed by atoms with E-state index in [0.717, 1.165) is 0 Å². The van der Waals surface area contributed by atoms with E-state index in [9.17, 15) is 18.3 Å². The van der Waals surface area contributed by atoms with Crippen molar-refractivity contribution in [1.29, 1.82) is 0 Å². The molecule has 1 heterocycles. The first kappa shape index (κ1) is 16.7. The molecule has 0 saturated heterocycles. The molecule has 3 N–H and O–H groups in total. The van der Waals surface area contributed by atoms with Gasteiger partial charge in [0.1, 0.15) is 10.6 Å². The van der Waals surface area contributed by atoms with Gasteiger partial charge in [0.2, 0.25) is 10.0 Å². The van der Waals surface area contributed by atoms with Crippen LogP contribution < -0.4 is 10.0 Å². The molecule has 1 aromatic rings. The van der Waals surface area contributed by atoms with Crippen molar-refractivity contribution in [2.45, 2.75) is 30.7 Å². The second-order valence-electron chi connectivity index (χ2n) is 4.91. The maximum atomic E-state index is 12.2. The Morgan fingerprint density at radius 3 is 2.55 bits per heavy atom. The smallest absolute Gasteiger partial charge is 0.268 e. The van der Waals surface area contributed by atoms with Crippen LogP contribution in [0.4, 0.5) is 0 Å². The minimum atomic E-state index is -3.59. The molecule has 1 rings (SSSR count). The van der Waals surface area contributed by atoms with E-state index in [1.807, 2.05) is 6.92 Å². The Balaban J connectivity index is 3.07. The number of hydrogen-bond donors (Lipinski definition) is 3. The predicted molar refractivity (Wildman–Crippen MR) is 74.9 cm³/mol. The summed E-state index contributed by atoms with van der Waals surface area (Å²) in [5.74, 6) is -0.427. The lowest BCUT2D eigenvalue weighted by Crippen LogP contribution is -2.48. The van der Waals surface area contributed by atoms with Crippen molar-refractivity contribution in [2.24, 2.45) is 7.05 Å². The Morgan fingerprint density at radius 1 is 1.50 bits per heavy atom. The molecule has 1 aromatic heterocycles. The largest absolute Gasteiger partial charge is 0.394 e. The second-order valence-corrected chi connectivity index (χ2v) is 6.79. The number of carbonyl (C=O) groups is 1. The lowest BCUT2D eigenvalue weighted by atomic mass is 10.0. The van der Waals surface area contributed by atoms with Crippen molar-refractivity contribution in [3.8, 4) is 0 Å². The van der Waals surface area contributed by atoms with Crippen molar-refractivity contribution < 1.29 is 18.3 Å². The van der Waals surface area contributed by atoms with Crippen LogP contribution in [-0.4, -0.2) is 43.2 Å². The number of amides is 1. The highest BCUT2D eigenvalue weighted by molar-refractivity contribution is 7.89. The number of hydrogen-bond acceptors (Lipinski definition) is 4. The van der Waals surface area contributed by atoms with E-state index >= 15 is 0 Å². The molecule has 20 heavy (non-hydrogen) atoms. The molecule has 1 unspecified atom stereocenters. The van der Waals surface area contributed by atoms with Crippen LogP contribution in [0.3, 0.4) is 0 Å². The topological polar surface area (TPSA) is 100 Å². The number of nitrogens with zero attached hydrogens (tertiary/aromatic N) is 1. The Hall–Kier alpha value is -1.38. The molecule has 0 radical (unpaired) electrons. The second kappa shape index (κ2) is 5.94. The van der Waals surface area contributed by atoms with E-state index in [-0.39, 0.29) is 17.2 Å². The van der Waals surface area contributed by atoms with E-state index in [0.29, 0.717) is 6.42 Å². The molecule has 0 aliphatic heterocycles. The van der Waals surface area contributed by atoms with Crippen LogP contribution in [0, 0.1) is 0 Å². The van der Waals surface area contributed by atoms with Crippen molar-refractivity contribution in [3.05, 3.63) is 18.0 Å². The van der Waals surface area contributed by atoms with Gasteiger partial charge in [0.05, 0.1) is 12.1 Å². The Kier molecular flexibility index (Phi) is 4.95. The number of carbonyl (C=O) groups excluding carboxylic acids is 1. The van der Waals surface area contributed by atoms with E-state index in [4.69, 9.17) is 0 Å². The third-order valence-corrected chi connectivity index (χ3v) is 4.72. The number of aliphatic hydroxyl groups is 1. The summed E-state index contributed by atoms with van der Waals surface area (Å²) in [5, 5.41) is 12.0. The summed E-state index contributed by atoms with van der Waals surface area (Å²) in [6.07, 6.45) is 1.92. The number of rotatable bonds is 6. The van der Waals surface area contributed by atoms with Crippen LogP contribution in [0.25, 0.3) is 0 Å². The monoisotopic (exact) mass is 303 g/mol. The van der Waals surface area contributed by atoms with Crippen LogP contribution in [0.1, 0.15) is 30.8 Å². The molecule has 7 nitrogen and oxygen atoms in total. The number of aromatic nitrogens is 1. The van der Waals surface area contributed by atoms with E-state index in [2.05, 4.69) is 10.0 Å². The zero-order chi connectivity index (χ0) is 15.6. The summed E-state index contributed by atoms with van der Waals surface area (Å²) in [4.78, 5) is 12.2. The molecule has 0 bridgehead atoms. The van der Waals surface area contributed by atoms with Crippen molar-refractivity contribution >= 4 is 15.9 Å². The molecular weight excluding hydrogens is 282 g/mol. The van der Waals surface area contributed by atoms with Crippen LogP contribution in [0.2, 0.25) is 0 Å². The zero-order valence-electron chi connectivity index (χ0n) is 12.1. The fraction of sp³-hybridized carbons (Fsp3) is 0.583. The Labute approximate surface area is 119 Å². The van der Waals surface area contributed by atoms with Gasteiger partial charge in [0.25, 0.3) is 5.91 Å². The minimum absolute atomic E-state index is 0.0230. The molecule has 0 fully saturated rings. The van der Waals surface area contributed by atoms with Gasteiger partial charge in [0.15, 0.2) is 0 Å². The average Bonchev–Trinajstić information content (AvgIpc) is 2.81. The highest BCUT2D eigenvalue weighted by atomic mass is 32.2. The molecule has 0 aliphatic carbocycles. The molecule has 0 aliphatic rings. The molecule has 8 heteroatoms. The standard InChI is InChI=1S/C12H21N3O4S/c1-5-12(2,8-16)14-11(17)10-6-9(7-15(10)4)20(18,19)13-3/h6-7,13,16H,5,8H2,1-4H3,(H,14,17). The van der Waals surface area contributed by atoms with E-state index < -0.39 is 21.5 Å². The third kappa shape index (κ3) is 3.38. The van der Waals surface area contributed by atoms with Crippen molar-refractivity contribution in [1.82, 2.24) is 14.6 Å². The molecule has 0 aromatic carbocycles. The van der Waals surface area contributed by atoms with Crippen molar-refractivity contribution in [2.75, 3.05) is 13.7 Å². The van der Waals surface area contributed by atoms with Gasteiger partial charge in [-0.25, -0.2) is 13.1 Å². The first-order valence-electron chi connectivity index (χ1n) is 6.22. The SMILES string of the molecule is CCC(C)(CO)NC(=O)c1cc(S(=O)(=O)NC)cn1C. The Morgan fingerprint density at radius 2 is 2.10 bits per heavy atom. The summed E-state index contributed by atoms with van der Waals surface area (Å²) >= 11 is 0. The van der Waals surface area contributed by atoms with Gasteiger partial charge in [-0.1, -0.05) is 6.92 Å². The maximum Gasteiger partial charge on any atom is 0.268 e. The zero-order valence-corrected chi connectivity index (χ0v) is 12.9. The van der Waals surface area contributed by atoms with Gasteiger partial charge < -0.3 is 15.0 Å². The third-order valence-electron chi connectivity index (χ3n) is 3.34. The van der Waals surface area contributed by atoms with Gasteiger partial charge in [0, 0.05) is 13.2 Å². The number of nitrogens with one attached hydrogen (secondary N) is 2. The summed E-state index contributed by atoms with van der Waals surface area (Å²) in [6, 6.07) is 1.30. The summed E-state index contributed by atoms with van der Waals surface area (Å²) in [6.45, 7) is 3.37. The molecule has 114 valence electrons. The fourth-order valence-electron chi connectivity index (χ4n) is 1.60. The van der Waals surface area contributed by atoms with Crippen LogP contribution in [0.5, 0.6) is 0 Å². The normalized spacial score (nSPS) is 14.8. The van der Waals surface area contributed by atoms with E-state index in [1.165, 1.54) is 23.9 Å². The maximum absolute atomic E-state index is 12.2. The number of aryl methyl sites for hydroxylation is 1. The Bertz CT molecular complexity index is 588. The van der Waals surface area contributed by atoms with Gasteiger partial charge in [-0.3, -0.25) is 4.79 Å². The van der Waals surface area contributed by atoms with Gasteiger partial charge in [-0.2, -0.15) is 0 Å². The lowest BCUT2D eigenvalue weighted by Gasteiger charge is -2.27. The first-order valence-corrected chi connectivity index (χ1v) is 7.70. The van der Waals surface area contributed by atoms with Gasteiger partial charge >= 0.3 is 0 Å². The molecular formula is C12H21N3O4S. The molecule has 0 spiro atoms. The fourth-order valence-corrected chi connectivity index (χ4v) is 2.40. The van der Waals surface area contributed by atoms with Gasteiger partial charge in [-0.15, -0.1) is 0 Å². The highest BCUT2D eigenvalue weighted by Gasteiger charge is 2.26. The summed E-state index contributed by atoms with van der Waals surface area (Å²) in [5.41, 5.74) is -0.518. The number of sulfonamides is 1. The quantitative estimate of drug-likeness (QED) is 0.679. The van der Waals surface area contributed by atoms with Crippen LogP contribution in [0.15, 0.2) is 17.2 Å². The average molecular weight is 303 g/mol. The van der Waals surface area contributed by atoms with E-state index in [1.54, 1.807) is 14.0 Å². The summed E-state index contributed by atoms with van der Waals surface area (Å²) < 4.78 is 27.0.